The predicted molar refractivity (Wildman–Crippen MR) is 164 cm³/mol. The molecule has 0 spiro atoms. The molecule has 2 aromatic heterocycles. The van der Waals surface area contributed by atoms with E-state index < -0.39 is 21.5 Å². The average molecular weight is 605 g/mol. The Kier molecular flexibility index (Phi) is 8.41. The highest BCUT2D eigenvalue weighted by atomic mass is 32.2. The van der Waals surface area contributed by atoms with E-state index in [0.29, 0.717) is 29.8 Å². The summed E-state index contributed by atoms with van der Waals surface area (Å²) in [5.41, 5.74) is 1.43. The standard InChI is InChI=1S/C31H36N6O5S/c1-21-15-24(21)19-37(18-22-11-7-5-8-12-22)27-17-23(16-26(33-27)36(3)43(4,40)41)28-34-35-29(42-28)31(2,20-32-30(38)39)25-13-9-6-10-14-25/h5-14,16-17,21,24,32H,15,18-20H2,1-4H3,(H,38,39). The Morgan fingerprint density at radius 2 is 1.70 bits per heavy atom. The van der Waals surface area contributed by atoms with Crippen LogP contribution < -0.4 is 14.5 Å². The van der Waals surface area contributed by atoms with Crippen molar-refractivity contribution in [1.29, 1.82) is 0 Å². The first kappa shape index (κ1) is 30.0. The molecule has 0 radical (unpaired) electrons. The summed E-state index contributed by atoms with van der Waals surface area (Å²) in [5.74, 6) is 2.30. The molecule has 11 nitrogen and oxygen atoms in total. The van der Waals surface area contributed by atoms with Crippen molar-refractivity contribution in [3.8, 4) is 11.5 Å². The summed E-state index contributed by atoms with van der Waals surface area (Å²) in [6, 6.07) is 22.8. The van der Waals surface area contributed by atoms with Crippen LogP contribution in [0.3, 0.4) is 0 Å². The van der Waals surface area contributed by atoms with E-state index in [0.717, 1.165) is 34.7 Å². The summed E-state index contributed by atoms with van der Waals surface area (Å²) in [7, 11) is -2.17. The Morgan fingerprint density at radius 3 is 2.30 bits per heavy atom. The summed E-state index contributed by atoms with van der Waals surface area (Å²) in [5, 5.41) is 20.4. The minimum absolute atomic E-state index is 0.00205. The van der Waals surface area contributed by atoms with Crippen molar-refractivity contribution in [3.05, 3.63) is 89.8 Å². The van der Waals surface area contributed by atoms with Crippen LogP contribution in [0.25, 0.3) is 11.5 Å². The molecular formula is C31H36N6O5S. The van der Waals surface area contributed by atoms with Crippen molar-refractivity contribution in [2.45, 2.75) is 32.2 Å². The number of carbonyl (C=O) groups is 1. The van der Waals surface area contributed by atoms with Gasteiger partial charge in [0.15, 0.2) is 0 Å². The molecule has 12 heteroatoms. The number of rotatable bonds is 12. The van der Waals surface area contributed by atoms with Crippen LogP contribution in [0.15, 0.2) is 77.2 Å². The van der Waals surface area contributed by atoms with E-state index >= 15 is 0 Å². The van der Waals surface area contributed by atoms with Gasteiger partial charge >= 0.3 is 6.09 Å². The Labute approximate surface area is 251 Å². The second kappa shape index (κ2) is 12.0. The van der Waals surface area contributed by atoms with Crippen LogP contribution in [0.1, 0.15) is 37.3 Å². The summed E-state index contributed by atoms with van der Waals surface area (Å²) in [4.78, 5) is 18.4. The number of amides is 1. The van der Waals surface area contributed by atoms with Gasteiger partial charge in [-0.15, -0.1) is 10.2 Å². The second-order valence-corrected chi connectivity index (χ2v) is 13.4. The zero-order valence-corrected chi connectivity index (χ0v) is 25.5. The third kappa shape index (κ3) is 6.96. The number of hydrogen-bond donors (Lipinski definition) is 2. The molecule has 1 aliphatic rings. The maximum Gasteiger partial charge on any atom is 0.404 e. The third-order valence-electron chi connectivity index (χ3n) is 8.04. The number of nitrogens with one attached hydrogen (secondary N) is 1. The van der Waals surface area contributed by atoms with Gasteiger partial charge in [-0.1, -0.05) is 67.6 Å². The van der Waals surface area contributed by atoms with Crippen molar-refractivity contribution in [2.24, 2.45) is 11.8 Å². The summed E-state index contributed by atoms with van der Waals surface area (Å²) in [6.45, 7) is 5.40. The molecule has 0 saturated heterocycles. The van der Waals surface area contributed by atoms with Crippen molar-refractivity contribution in [1.82, 2.24) is 20.5 Å². The number of carboxylic acid groups (broad SMARTS) is 1. The highest BCUT2D eigenvalue weighted by Crippen LogP contribution is 2.40. The monoisotopic (exact) mass is 604 g/mol. The number of benzene rings is 2. The highest BCUT2D eigenvalue weighted by Gasteiger charge is 2.37. The summed E-state index contributed by atoms with van der Waals surface area (Å²) < 4.78 is 32.5. The number of hydrogen-bond acceptors (Lipinski definition) is 8. The zero-order valence-electron chi connectivity index (χ0n) is 24.6. The van der Waals surface area contributed by atoms with Crippen LogP contribution in [-0.2, 0) is 22.0 Å². The van der Waals surface area contributed by atoms with Gasteiger partial charge in [0.2, 0.25) is 21.8 Å². The lowest BCUT2D eigenvalue weighted by atomic mass is 9.82. The Bertz CT molecular complexity index is 1680. The SMILES string of the molecule is CC1CC1CN(Cc1ccccc1)c1cc(-c2nnc(C(C)(CNC(=O)O)c3ccccc3)o2)cc(N(C)S(C)(=O)=O)n1. The van der Waals surface area contributed by atoms with Crippen molar-refractivity contribution < 1.29 is 22.7 Å². The lowest BCUT2D eigenvalue weighted by molar-refractivity contribution is 0.191. The second-order valence-electron chi connectivity index (χ2n) is 11.4. The maximum atomic E-state index is 12.6. The van der Waals surface area contributed by atoms with Crippen molar-refractivity contribution in [2.75, 3.05) is 35.6 Å². The molecule has 0 aliphatic heterocycles. The quantitative estimate of drug-likeness (QED) is 0.234. The van der Waals surface area contributed by atoms with Gasteiger partial charge in [-0.05, 0) is 48.4 Å². The van der Waals surface area contributed by atoms with Crippen LogP contribution in [-0.4, -0.2) is 61.2 Å². The summed E-state index contributed by atoms with van der Waals surface area (Å²) in [6.07, 6.45) is 1.08. The topological polar surface area (TPSA) is 142 Å². The first-order valence-corrected chi connectivity index (χ1v) is 15.9. The van der Waals surface area contributed by atoms with Crippen LogP contribution >= 0.6 is 0 Å². The van der Waals surface area contributed by atoms with Crippen molar-refractivity contribution >= 4 is 27.8 Å². The van der Waals surface area contributed by atoms with Gasteiger partial charge in [0.05, 0.1) is 11.7 Å². The van der Waals surface area contributed by atoms with Gasteiger partial charge in [0.1, 0.15) is 11.6 Å². The third-order valence-corrected chi connectivity index (χ3v) is 9.22. The van der Waals surface area contributed by atoms with E-state index in [4.69, 9.17) is 9.40 Å². The minimum Gasteiger partial charge on any atom is -0.465 e. The van der Waals surface area contributed by atoms with Crippen LogP contribution in [0.5, 0.6) is 0 Å². The maximum absolute atomic E-state index is 12.6. The first-order valence-electron chi connectivity index (χ1n) is 14.1. The molecule has 226 valence electrons. The molecule has 2 heterocycles. The molecule has 4 aromatic rings. The molecule has 0 bridgehead atoms. The van der Waals surface area contributed by atoms with Crippen molar-refractivity contribution in [3.63, 3.8) is 0 Å². The van der Waals surface area contributed by atoms with Crippen LogP contribution in [0.2, 0.25) is 0 Å². The fourth-order valence-corrected chi connectivity index (χ4v) is 5.45. The van der Waals surface area contributed by atoms with Crippen LogP contribution in [0, 0.1) is 11.8 Å². The Balaban J connectivity index is 1.59. The Hall–Kier alpha value is -4.45. The summed E-state index contributed by atoms with van der Waals surface area (Å²) >= 11 is 0. The highest BCUT2D eigenvalue weighted by molar-refractivity contribution is 7.92. The molecule has 3 unspecified atom stereocenters. The van der Waals surface area contributed by atoms with Gasteiger partial charge in [-0.2, -0.15) is 0 Å². The first-order chi connectivity index (χ1) is 20.4. The fraction of sp³-hybridized carbons (Fsp3) is 0.355. The number of sulfonamides is 1. The molecule has 1 aliphatic carbocycles. The number of aromatic nitrogens is 3. The van der Waals surface area contributed by atoms with Gasteiger partial charge in [-0.3, -0.25) is 4.31 Å². The smallest absolute Gasteiger partial charge is 0.404 e. The number of nitrogens with zero attached hydrogens (tertiary/aromatic N) is 5. The average Bonchev–Trinajstić information content (AvgIpc) is 3.45. The lowest BCUT2D eigenvalue weighted by Gasteiger charge is -2.27. The van der Waals surface area contributed by atoms with E-state index in [1.807, 2.05) is 61.5 Å². The Morgan fingerprint density at radius 1 is 1.07 bits per heavy atom. The molecule has 1 fully saturated rings. The fourth-order valence-electron chi connectivity index (χ4n) is 5.02. The van der Waals surface area contributed by atoms with Gasteiger partial charge < -0.3 is 19.7 Å². The number of anilines is 2. The van der Waals surface area contributed by atoms with Gasteiger partial charge in [0, 0.05) is 32.2 Å². The van der Waals surface area contributed by atoms with Gasteiger partial charge in [-0.25, -0.2) is 18.2 Å². The zero-order chi connectivity index (χ0) is 30.8. The van der Waals surface area contributed by atoms with E-state index in [1.165, 1.54) is 7.05 Å². The largest absolute Gasteiger partial charge is 0.465 e. The molecule has 5 rings (SSSR count). The molecule has 3 atom stereocenters. The van der Waals surface area contributed by atoms with E-state index in [9.17, 15) is 18.3 Å². The molecule has 1 saturated carbocycles. The predicted octanol–water partition coefficient (Wildman–Crippen LogP) is 4.76. The van der Waals surface area contributed by atoms with Gasteiger partial charge in [0.25, 0.3) is 0 Å². The van der Waals surface area contributed by atoms with E-state index in [1.54, 1.807) is 6.07 Å². The molecular weight excluding hydrogens is 568 g/mol. The molecule has 43 heavy (non-hydrogen) atoms. The lowest BCUT2D eigenvalue weighted by Crippen LogP contribution is -2.39. The van der Waals surface area contributed by atoms with E-state index in [2.05, 4.69) is 39.5 Å². The van der Waals surface area contributed by atoms with E-state index in [-0.39, 0.29) is 24.1 Å². The molecule has 2 aromatic carbocycles. The van der Waals surface area contributed by atoms with Crippen LogP contribution in [0.4, 0.5) is 16.4 Å². The molecule has 1 amide bonds. The molecule has 2 N–H and O–H groups in total. The minimum atomic E-state index is -3.62. The normalized spacial score (nSPS) is 17.6. The number of pyridine rings is 1.